The fourth-order valence-corrected chi connectivity index (χ4v) is 4.41. The molecule has 0 saturated heterocycles. The second-order valence-corrected chi connectivity index (χ2v) is 8.78. The van der Waals surface area contributed by atoms with Crippen LogP contribution in [-0.4, -0.2) is 32.3 Å². The molecule has 0 aliphatic heterocycles. The van der Waals surface area contributed by atoms with E-state index in [-0.39, 0.29) is 18.1 Å². The molecule has 2 heterocycles. The van der Waals surface area contributed by atoms with Gasteiger partial charge in [0, 0.05) is 29.0 Å². The van der Waals surface area contributed by atoms with Crippen LogP contribution in [0.15, 0.2) is 48.5 Å². The van der Waals surface area contributed by atoms with Gasteiger partial charge in [-0.25, -0.2) is 9.37 Å². The van der Waals surface area contributed by atoms with Crippen molar-refractivity contribution in [3.05, 3.63) is 64.0 Å². The number of hydrogen-bond donors (Lipinski definition) is 2. The predicted molar refractivity (Wildman–Crippen MR) is 130 cm³/mol. The molecular formula is C23H22FN5O2S2. The highest BCUT2D eigenvalue weighted by molar-refractivity contribution is 7.71. The number of thiazole rings is 1. The Hall–Kier alpha value is -3.37. The summed E-state index contributed by atoms with van der Waals surface area (Å²) in [6, 6.07) is 13.7. The molecule has 0 spiro atoms. The lowest BCUT2D eigenvalue weighted by molar-refractivity contribution is -0.116. The molecule has 0 aliphatic rings. The minimum absolute atomic E-state index is 0.185. The molecule has 0 bridgehead atoms. The van der Waals surface area contributed by atoms with Gasteiger partial charge in [0.2, 0.25) is 5.91 Å². The van der Waals surface area contributed by atoms with Crippen molar-refractivity contribution in [3.8, 4) is 28.4 Å². The number of rotatable bonds is 8. The Balaban J connectivity index is 1.43. The number of ether oxygens (including phenoxy) is 1. The van der Waals surface area contributed by atoms with Crippen LogP contribution in [0.2, 0.25) is 0 Å². The van der Waals surface area contributed by atoms with Gasteiger partial charge in [0.05, 0.1) is 12.3 Å². The molecule has 7 nitrogen and oxygen atoms in total. The predicted octanol–water partition coefficient (Wildman–Crippen LogP) is 5.61. The third kappa shape index (κ3) is 5.35. The molecule has 2 aromatic carbocycles. The van der Waals surface area contributed by atoms with Gasteiger partial charge < -0.3 is 10.1 Å². The Morgan fingerprint density at radius 1 is 1.18 bits per heavy atom. The minimum atomic E-state index is -0.303. The number of carbonyl (C=O) groups excluding carboxylic acids is 1. The van der Waals surface area contributed by atoms with Crippen LogP contribution < -0.4 is 10.1 Å². The van der Waals surface area contributed by atoms with E-state index >= 15 is 0 Å². The van der Waals surface area contributed by atoms with Crippen molar-refractivity contribution in [2.24, 2.45) is 0 Å². The van der Waals surface area contributed by atoms with Gasteiger partial charge in [-0.2, -0.15) is 5.10 Å². The lowest BCUT2D eigenvalue weighted by Crippen LogP contribution is -2.15. The molecule has 170 valence electrons. The highest BCUT2D eigenvalue weighted by Gasteiger charge is 2.14. The maximum absolute atomic E-state index is 13.2. The number of nitrogens with zero attached hydrogens (tertiary/aromatic N) is 3. The fraction of sp³-hybridized carbons (Fsp3) is 0.217. The summed E-state index contributed by atoms with van der Waals surface area (Å²) in [6.45, 7) is 4.80. The van der Waals surface area contributed by atoms with Crippen molar-refractivity contribution < 1.29 is 13.9 Å². The molecule has 10 heteroatoms. The number of aromatic nitrogens is 4. The van der Waals surface area contributed by atoms with Gasteiger partial charge in [0.1, 0.15) is 11.6 Å². The molecule has 4 rings (SSSR count). The van der Waals surface area contributed by atoms with Crippen LogP contribution in [-0.2, 0) is 11.3 Å². The number of hydrogen-bond acceptors (Lipinski definition) is 6. The first-order valence-electron chi connectivity index (χ1n) is 10.4. The summed E-state index contributed by atoms with van der Waals surface area (Å²) >= 11 is 6.74. The molecule has 4 aromatic rings. The topological polar surface area (TPSA) is 84.8 Å². The van der Waals surface area contributed by atoms with Crippen molar-refractivity contribution >= 4 is 34.6 Å². The van der Waals surface area contributed by atoms with Gasteiger partial charge in [0.15, 0.2) is 15.7 Å². The fourth-order valence-electron chi connectivity index (χ4n) is 3.33. The zero-order chi connectivity index (χ0) is 23.4. The molecule has 0 atom stereocenters. The number of amides is 1. The number of H-pyrrole nitrogens is 1. The number of anilines is 1. The first kappa shape index (κ1) is 22.8. The van der Waals surface area contributed by atoms with Crippen LogP contribution in [0.5, 0.6) is 5.75 Å². The van der Waals surface area contributed by atoms with E-state index in [2.05, 4.69) is 20.5 Å². The Bertz CT molecular complexity index is 1310. The molecule has 33 heavy (non-hydrogen) atoms. The largest absolute Gasteiger partial charge is 0.494 e. The van der Waals surface area contributed by atoms with Crippen molar-refractivity contribution in [1.29, 1.82) is 0 Å². The van der Waals surface area contributed by atoms with Crippen molar-refractivity contribution in [2.45, 2.75) is 26.8 Å². The number of benzene rings is 2. The van der Waals surface area contributed by atoms with E-state index in [1.165, 1.54) is 23.5 Å². The lowest BCUT2D eigenvalue weighted by atomic mass is 10.1. The average molecular weight is 484 g/mol. The highest BCUT2D eigenvalue weighted by Crippen LogP contribution is 2.30. The molecule has 1 amide bonds. The van der Waals surface area contributed by atoms with Crippen LogP contribution in [0, 0.1) is 17.5 Å². The van der Waals surface area contributed by atoms with Crippen molar-refractivity contribution in [2.75, 3.05) is 11.9 Å². The number of halogens is 1. The number of carbonyl (C=O) groups is 1. The summed E-state index contributed by atoms with van der Waals surface area (Å²) < 4.78 is 20.9. The molecule has 0 saturated carbocycles. The quantitative estimate of drug-likeness (QED) is 0.318. The smallest absolute Gasteiger partial charge is 0.227 e. The summed E-state index contributed by atoms with van der Waals surface area (Å²) in [5.41, 5.74) is 2.39. The van der Waals surface area contributed by atoms with Crippen LogP contribution in [0.4, 0.5) is 9.52 Å². The first-order valence-corrected chi connectivity index (χ1v) is 11.6. The molecule has 0 unspecified atom stereocenters. The zero-order valence-corrected chi connectivity index (χ0v) is 19.7. The summed E-state index contributed by atoms with van der Waals surface area (Å²) in [7, 11) is 0. The van der Waals surface area contributed by atoms with E-state index in [1.54, 1.807) is 16.7 Å². The van der Waals surface area contributed by atoms with Gasteiger partial charge >= 0.3 is 0 Å². The van der Waals surface area contributed by atoms with E-state index in [4.69, 9.17) is 17.0 Å². The standard InChI is InChI=1S/C23H22FN5O2S2/c1-3-31-18-10-6-16(7-11-18)21-27-28-23(32)29(21)13-12-19(30)25-22-26-20(14(2)33-22)15-4-8-17(24)9-5-15/h4-11H,3,12-13H2,1-2H3,(H,28,32)(H,25,26,30). The van der Waals surface area contributed by atoms with Crippen molar-refractivity contribution in [1.82, 2.24) is 19.7 Å². The van der Waals surface area contributed by atoms with Gasteiger partial charge in [-0.3, -0.25) is 14.5 Å². The highest BCUT2D eigenvalue weighted by atomic mass is 32.1. The Morgan fingerprint density at radius 2 is 1.88 bits per heavy atom. The number of aromatic amines is 1. The van der Waals surface area contributed by atoms with Crippen LogP contribution in [0.25, 0.3) is 22.6 Å². The lowest BCUT2D eigenvalue weighted by Gasteiger charge is -2.08. The SMILES string of the molecule is CCOc1ccc(-c2n[nH]c(=S)n2CCC(=O)Nc2nc(-c3ccc(F)cc3)c(C)s2)cc1. The molecule has 0 fully saturated rings. The molecule has 2 aromatic heterocycles. The Kier molecular flexibility index (Phi) is 6.95. The van der Waals surface area contributed by atoms with Crippen LogP contribution in [0.3, 0.4) is 0 Å². The van der Waals surface area contributed by atoms with Crippen molar-refractivity contribution in [3.63, 3.8) is 0 Å². The number of aryl methyl sites for hydroxylation is 1. The number of nitrogens with one attached hydrogen (secondary N) is 2. The molecular weight excluding hydrogens is 461 g/mol. The third-order valence-corrected chi connectivity index (χ3v) is 6.10. The summed E-state index contributed by atoms with van der Waals surface area (Å²) in [4.78, 5) is 18.0. The zero-order valence-electron chi connectivity index (χ0n) is 18.1. The monoisotopic (exact) mass is 483 g/mol. The molecule has 0 aliphatic carbocycles. The Morgan fingerprint density at radius 3 is 2.58 bits per heavy atom. The second-order valence-electron chi connectivity index (χ2n) is 7.19. The average Bonchev–Trinajstić information content (AvgIpc) is 3.35. The van der Waals surface area contributed by atoms with E-state index in [0.29, 0.717) is 28.9 Å². The van der Waals surface area contributed by atoms with E-state index in [0.717, 1.165) is 27.4 Å². The maximum atomic E-state index is 13.2. The first-order chi connectivity index (χ1) is 15.9. The van der Waals surface area contributed by atoms with Gasteiger partial charge in [-0.1, -0.05) is 0 Å². The molecule has 2 N–H and O–H groups in total. The third-order valence-electron chi connectivity index (χ3n) is 4.90. The van der Waals surface area contributed by atoms with E-state index in [1.807, 2.05) is 38.1 Å². The van der Waals surface area contributed by atoms with Gasteiger partial charge in [-0.05, 0) is 74.6 Å². The van der Waals surface area contributed by atoms with Crippen LogP contribution in [0.1, 0.15) is 18.2 Å². The summed E-state index contributed by atoms with van der Waals surface area (Å²) in [6.07, 6.45) is 0.197. The van der Waals surface area contributed by atoms with Crippen LogP contribution >= 0.6 is 23.6 Å². The van der Waals surface area contributed by atoms with E-state index < -0.39 is 0 Å². The van der Waals surface area contributed by atoms with Gasteiger partial charge in [0.25, 0.3) is 0 Å². The summed E-state index contributed by atoms with van der Waals surface area (Å²) in [5, 5.41) is 10.5. The van der Waals surface area contributed by atoms with E-state index in [9.17, 15) is 9.18 Å². The summed E-state index contributed by atoms with van der Waals surface area (Å²) in [5.74, 6) is 0.942. The Labute approximate surface area is 199 Å². The molecule has 0 radical (unpaired) electrons. The van der Waals surface area contributed by atoms with Gasteiger partial charge in [-0.15, -0.1) is 11.3 Å². The second kappa shape index (κ2) is 10.1. The normalized spacial score (nSPS) is 10.9. The minimum Gasteiger partial charge on any atom is -0.494 e. The maximum Gasteiger partial charge on any atom is 0.227 e.